The Morgan fingerprint density at radius 3 is 1.00 bits per heavy atom. The van der Waals surface area contributed by atoms with E-state index in [-0.39, 0.29) is 38.5 Å². The fourth-order valence-corrected chi connectivity index (χ4v) is 1.80. The van der Waals surface area contributed by atoms with Gasteiger partial charge in [0, 0.05) is 25.9 Å². The second-order valence-electron chi connectivity index (χ2n) is 7.83. The average molecular weight is 525 g/mol. The van der Waals surface area contributed by atoms with Crippen molar-refractivity contribution in [3.05, 3.63) is 0 Å². The lowest BCUT2D eigenvalue weighted by molar-refractivity contribution is -0.148. The molecule has 0 radical (unpaired) electrons. The van der Waals surface area contributed by atoms with Gasteiger partial charge in [-0.2, -0.15) is 0 Å². The normalized spacial score (nSPS) is 9.83. The number of carboxylic acids is 4. The van der Waals surface area contributed by atoms with E-state index in [1.165, 1.54) is 0 Å². The van der Waals surface area contributed by atoms with Crippen molar-refractivity contribution in [2.45, 2.75) is 51.4 Å². The number of carboxylic acid groups (broad SMARTS) is 4. The predicted octanol–water partition coefficient (Wildman–Crippen LogP) is 0.628. The van der Waals surface area contributed by atoms with Crippen molar-refractivity contribution in [2.24, 2.45) is 0 Å². The van der Waals surface area contributed by atoms with E-state index in [1.54, 1.807) is 0 Å². The van der Waals surface area contributed by atoms with Crippen molar-refractivity contribution in [2.75, 3.05) is 54.5 Å². The molecule has 210 valence electrons. The molecule has 36 heavy (non-hydrogen) atoms. The Kier molecular flexibility index (Phi) is 25.7. The number of rotatable bonds is 17. The van der Waals surface area contributed by atoms with Crippen LogP contribution in [0.5, 0.6) is 0 Å². The van der Waals surface area contributed by atoms with Crippen molar-refractivity contribution in [1.29, 1.82) is 0 Å². The maximum absolute atomic E-state index is 10.8. The van der Waals surface area contributed by atoms with E-state index in [0.29, 0.717) is 39.1 Å². The van der Waals surface area contributed by atoms with E-state index in [0.717, 1.165) is 0 Å². The van der Waals surface area contributed by atoms with E-state index in [1.807, 2.05) is 38.0 Å². The molecule has 0 atom stereocenters. The summed E-state index contributed by atoms with van der Waals surface area (Å²) in [6.45, 7) is 1.93. The Morgan fingerprint density at radius 1 is 0.500 bits per heavy atom. The van der Waals surface area contributed by atoms with Crippen LogP contribution in [0.15, 0.2) is 0 Å². The second kappa shape index (κ2) is 24.9. The first-order valence-corrected chi connectivity index (χ1v) is 11.1. The molecular formula is C22H40N2O12. The molecule has 0 saturated heterocycles. The number of carbonyl (C=O) groups is 6. The molecule has 0 heterocycles. The molecule has 4 N–H and O–H groups in total. The third-order valence-electron chi connectivity index (χ3n) is 3.72. The van der Waals surface area contributed by atoms with Crippen molar-refractivity contribution in [1.82, 2.24) is 9.80 Å². The summed E-state index contributed by atoms with van der Waals surface area (Å²) in [5.74, 6) is -4.61. The number of nitrogens with zero attached hydrogens (tertiary/aromatic N) is 2. The molecule has 0 bridgehead atoms. The Labute approximate surface area is 210 Å². The maximum Gasteiger partial charge on any atom is 0.306 e. The van der Waals surface area contributed by atoms with Crippen LogP contribution in [0.25, 0.3) is 0 Å². The van der Waals surface area contributed by atoms with Gasteiger partial charge in [0.2, 0.25) is 0 Å². The van der Waals surface area contributed by atoms with E-state index >= 15 is 0 Å². The lowest BCUT2D eigenvalue weighted by atomic mass is 10.2. The fraction of sp³-hybridized carbons (Fsp3) is 0.727. The van der Waals surface area contributed by atoms with Gasteiger partial charge in [-0.05, 0) is 41.0 Å². The molecule has 14 nitrogen and oxygen atoms in total. The van der Waals surface area contributed by atoms with Crippen molar-refractivity contribution >= 4 is 35.8 Å². The van der Waals surface area contributed by atoms with E-state index < -0.39 is 35.8 Å². The van der Waals surface area contributed by atoms with Gasteiger partial charge in [0.1, 0.15) is 13.2 Å². The fourth-order valence-electron chi connectivity index (χ4n) is 1.80. The highest BCUT2D eigenvalue weighted by Crippen LogP contribution is 1.98. The molecule has 0 spiro atoms. The van der Waals surface area contributed by atoms with Gasteiger partial charge in [-0.15, -0.1) is 0 Å². The summed E-state index contributed by atoms with van der Waals surface area (Å²) in [5, 5.41) is 32.8. The monoisotopic (exact) mass is 524 g/mol. The zero-order valence-corrected chi connectivity index (χ0v) is 21.4. The van der Waals surface area contributed by atoms with Gasteiger partial charge >= 0.3 is 35.8 Å². The average Bonchev–Trinajstić information content (AvgIpc) is 2.74. The van der Waals surface area contributed by atoms with E-state index in [4.69, 9.17) is 29.9 Å². The number of ether oxygens (including phenoxy) is 2. The molecule has 0 aliphatic rings. The summed E-state index contributed by atoms with van der Waals surface area (Å²) in [6, 6.07) is 0. The minimum absolute atomic E-state index is 0.0528. The summed E-state index contributed by atoms with van der Waals surface area (Å²) >= 11 is 0. The third-order valence-corrected chi connectivity index (χ3v) is 3.72. The molecule has 0 fully saturated rings. The highest BCUT2D eigenvalue weighted by molar-refractivity contribution is 5.77. The number of carbonyl (C=O) groups excluding carboxylic acids is 2. The quantitative estimate of drug-likeness (QED) is 0.152. The van der Waals surface area contributed by atoms with Crippen LogP contribution < -0.4 is 0 Å². The number of hydrogen-bond acceptors (Lipinski definition) is 10. The highest BCUT2D eigenvalue weighted by atomic mass is 16.5. The number of hydrogen-bond donors (Lipinski definition) is 4. The number of likely N-dealkylation sites (N-methyl/N-ethyl adjacent to an activating group) is 2. The first-order chi connectivity index (χ1) is 16.7. The van der Waals surface area contributed by atoms with Crippen LogP contribution in [0.1, 0.15) is 51.4 Å². The number of esters is 2. The van der Waals surface area contributed by atoms with Crippen LogP contribution >= 0.6 is 0 Å². The SMILES string of the molecule is CN(C)CCOC(=O)CCC(=O)O.CN(C)CCOC(=O)CCC(=O)O.O=C(O)CCCCC(=O)O. The minimum atomic E-state index is -0.982. The first-order valence-electron chi connectivity index (χ1n) is 11.1. The Hall–Kier alpha value is -3.26. The van der Waals surface area contributed by atoms with Gasteiger partial charge in [-0.25, -0.2) is 0 Å². The van der Waals surface area contributed by atoms with Gasteiger partial charge in [-0.3, -0.25) is 28.8 Å². The van der Waals surface area contributed by atoms with E-state index in [2.05, 4.69) is 0 Å². The molecule has 0 aromatic heterocycles. The molecular weight excluding hydrogens is 484 g/mol. The second-order valence-corrected chi connectivity index (χ2v) is 7.83. The zero-order chi connectivity index (χ0) is 28.5. The van der Waals surface area contributed by atoms with Crippen LogP contribution in [-0.2, 0) is 38.2 Å². The zero-order valence-electron chi connectivity index (χ0n) is 21.4. The smallest absolute Gasteiger partial charge is 0.306 e. The molecule has 0 rings (SSSR count). The van der Waals surface area contributed by atoms with Crippen LogP contribution in [0, 0.1) is 0 Å². The van der Waals surface area contributed by atoms with Crippen LogP contribution in [0.3, 0.4) is 0 Å². The van der Waals surface area contributed by atoms with Crippen molar-refractivity contribution in [3.63, 3.8) is 0 Å². The van der Waals surface area contributed by atoms with Crippen molar-refractivity contribution in [3.8, 4) is 0 Å². The van der Waals surface area contributed by atoms with E-state index in [9.17, 15) is 28.8 Å². The van der Waals surface area contributed by atoms with Crippen molar-refractivity contribution < 1.29 is 58.7 Å². The molecule has 0 aliphatic heterocycles. The summed E-state index contributed by atoms with van der Waals surface area (Å²) in [7, 11) is 7.46. The van der Waals surface area contributed by atoms with Crippen LogP contribution in [-0.4, -0.2) is 121 Å². The molecule has 0 aliphatic carbocycles. The van der Waals surface area contributed by atoms with Crippen LogP contribution in [0.2, 0.25) is 0 Å². The Morgan fingerprint density at radius 2 is 0.778 bits per heavy atom. The van der Waals surface area contributed by atoms with Gasteiger partial charge in [0.25, 0.3) is 0 Å². The summed E-state index contributed by atoms with van der Waals surface area (Å²) in [5.41, 5.74) is 0. The predicted molar refractivity (Wildman–Crippen MR) is 127 cm³/mol. The lowest BCUT2D eigenvalue weighted by Crippen LogP contribution is -2.20. The minimum Gasteiger partial charge on any atom is -0.481 e. The van der Waals surface area contributed by atoms with Gasteiger partial charge < -0.3 is 39.7 Å². The Bertz CT molecular complexity index is 609. The highest BCUT2D eigenvalue weighted by Gasteiger charge is 2.07. The largest absolute Gasteiger partial charge is 0.481 e. The summed E-state index contributed by atoms with van der Waals surface area (Å²) in [6.07, 6.45) is 0.580. The standard InChI is InChI=1S/2C8H15NO4.C6H10O4/c2*1-9(2)5-6-13-8(12)4-3-7(10)11;7-5(8)3-1-2-4-6(9)10/h2*3-6H2,1-2H3,(H,10,11);1-4H2,(H,7,8)(H,9,10). The Balaban J connectivity index is -0.000000459. The van der Waals surface area contributed by atoms with Gasteiger partial charge in [0.15, 0.2) is 0 Å². The molecule has 0 saturated carbocycles. The summed E-state index contributed by atoms with van der Waals surface area (Å²) < 4.78 is 9.52. The topological polar surface area (TPSA) is 208 Å². The molecule has 14 heteroatoms. The van der Waals surface area contributed by atoms with Crippen LogP contribution in [0.4, 0.5) is 0 Å². The number of aliphatic carboxylic acids is 4. The maximum atomic E-state index is 10.8. The molecule has 0 aromatic rings. The third kappa shape index (κ3) is 41.0. The van der Waals surface area contributed by atoms with Gasteiger partial charge in [0.05, 0.1) is 25.7 Å². The van der Waals surface area contributed by atoms with Gasteiger partial charge in [-0.1, -0.05) is 0 Å². The number of unbranched alkanes of at least 4 members (excludes halogenated alkanes) is 1. The molecule has 0 unspecified atom stereocenters. The lowest BCUT2D eigenvalue weighted by Gasteiger charge is -2.09. The summed E-state index contributed by atoms with van der Waals surface area (Å²) in [4.78, 5) is 65.3. The first kappa shape index (κ1) is 37.3. The molecule has 0 aromatic carbocycles. The molecule has 0 amide bonds.